The average Bonchev–Trinajstić information content (AvgIpc) is 3.21. The Morgan fingerprint density at radius 2 is 1.87 bits per heavy atom. The molecule has 0 saturated carbocycles. The maximum atomic E-state index is 4.66. The third kappa shape index (κ3) is 2.31. The van der Waals surface area contributed by atoms with E-state index in [4.69, 9.17) is 0 Å². The van der Waals surface area contributed by atoms with E-state index < -0.39 is 0 Å². The first-order valence-electron chi connectivity index (χ1n) is 7.30. The predicted molar refractivity (Wildman–Crippen MR) is 88.2 cm³/mol. The summed E-state index contributed by atoms with van der Waals surface area (Å²) < 4.78 is 3.61. The average molecular weight is 325 g/mol. The van der Waals surface area contributed by atoms with E-state index >= 15 is 0 Å². The maximum Gasteiger partial charge on any atom is 0.235 e. The first-order chi connectivity index (χ1) is 11.1. The van der Waals surface area contributed by atoms with Crippen molar-refractivity contribution in [2.75, 3.05) is 0 Å². The molecule has 0 aliphatic rings. The van der Waals surface area contributed by atoms with Gasteiger partial charge >= 0.3 is 0 Å². The summed E-state index contributed by atoms with van der Waals surface area (Å²) in [5.41, 5.74) is 2.96. The Bertz CT molecular complexity index is 964. The molecule has 8 heteroatoms. The Morgan fingerprint density at radius 1 is 1.09 bits per heavy atom. The van der Waals surface area contributed by atoms with E-state index in [9.17, 15) is 0 Å². The smallest absolute Gasteiger partial charge is 0.235 e. The first-order valence-corrected chi connectivity index (χ1v) is 8.12. The molecule has 4 aromatic rings. The van der Waals surface area contributed by atoms with Crippen LogP contribution in [0.15, 0.2) is 30.6 Å². The van der Waals surface area contributed by atoms with E-state index in [2.05, 4.69) is 39.2 Å². The van der Waals surface area contributed by atoms with Gasteiger partial charge in [0.2, 0.25) is 10.8 Å². The van der Waals surface area contributed by atoms with E-state index in [0.29, 0.717) is 11.7 Å². The highest BCUT2D eigenvalue weighted by Crippen LogP contribution is 2.28. The Balaban J connectivity index is 1.84. The van der Waals surface area contributed by atoms with Crippen molar-refractivity contribution < 1.29 is 0 Å². The van der Waals surface area contributed by atoms with Crippen molar-refractivity contribution in [1.29, 1.82) is 0 Å². The Hall–Kier alpha value is -2.61. The molecule has 4 aromatic heterocycles. The van der Waals surface area contributed by atoms with Crippen molar-refractivity contribution in [3.05, 3.63) is 36.3 Å². The number of pyridine rings is 1. The summed E-state index contributed by atoms with van der Waals surface area (Å²) in [7, 11) is 1.92. The van der Waals surface area contributed by atoms with Gasteiger partial charge in [0.15, 0.2) is 0 Å². The highest BCUT2D eigenvalue weighted by molar-refractivity contribution is 7.19. The molecule has 7 nitrogen and oxygen atoms in total. The van der Waals surface area contributed by atoms with Gasteiger partial charge in [0, 0.05) is 25.0 Å². The number of hydrogen-bond acceptors (Lipinski definition) is 6. The minimum Gasteiger partial charge on any atom is -0.265 e. The fraction of sp³-hybridized carbons (Fsp3) is 0.267. The summed E-state index contributed by atoms with van der Waals surface area (Å²) in [5, 5.41) is 18.6. The topological polar surface area (TPSA) is 73.8 Å². The molecule has 116 valence electrons. The molecular formula is C15H15N7S. The molecule has 0 atom stereocenters. The quantitative estimate of drug-likeness (QED) is 0.579. The van der Waals surface area contributed by atoms with Crippen molar-refractivity contribution >= 4 is 16.3 Å². The zero-order valence-corrected chi connectivity index (χ0v) is 13.8. The molecule has 0 spiro atoms. The maximum absolute atomic E-state index is 4.66. The van der Waals surface area contributed by atoms with Crippen molar-refractivity contribution in [2.45, 2.75) is 19.8 Å². The van der Waals surface area contributed by atoms with Gasteiger partial charge in [-0.3, -0.25) is 9.67 Å². The van der Waals surface area contributed by atoms with Crippen LogP contribution in [0.2, 0.25) is 0 Å². The summed E-state index contributed by atoms with van der Waals surface area (Å²) in [6.07, 6.45) is 3.52. The number of rotatable bonds is 3. The summed E-state index contributed by atoms with van der Waals surface area (Å²) >= 11 is 1.51. The number of aryl methyl sites for hydroxylation is 1. The van der Waals surface area contributed by atoms with E-state index in [1.54, 1.807) is 16.9 Å². The third-order valence-corrected chi connectivity index (χ3v) is 4.59. The fourth-order valence-electron chi connectivity index (χ4n) is 2.37. The lowest BCUT2D eigenvalue weighted by Gasteiger charge is -1.97. The molecule has 0 radical (unpaired) electrons. The second-order valence-corrected chi connectivity index (χ2v) is 6.55. The van der Waals surface area contributed by atoms with Crippen LogP contribution in [0.4, 0.5) is 0 Å². The lowest BCUT2D eigenvalue weighted by atomic mass is 10.1. The Labute approximate surface area is 136 Å². The molecule has 4 heterocycles. The molecule has 0 N–H and O–H groups in total. The van der Waals surface area contributed by atoms with Crippen LogP contribution in [0, 0.1) is 0 Å². The van der Waals surface area contributed by atoms with Gasteiger partial charge in [0.1, 0.15) is 10.7 Å². The summed E-state index contributed by atoms with van der Waals surface area (Å²) in [6.45, 7) is 4.24. The Morgan fingerprint density at radius 3 is 2.57 bits per heavy atom. The van der Waals surface area contributed by atoms with Crippen LogP contribution in [0.3, 0.4) is 0 Å². The minimum absolute atomic E-state index is 0.362. The summed E-state index contributed by atoms with van der Waals surface area (Å²) in [4.78, 5) is 4.80. The number of aromatic nitrogens is 7. The van der Waals surface area contributed by atoms with Crippen LogP contribution in [-0.2, 0) is 7.05 Å². The van der Waals surface area contributed by atoms with Crippen LogP contribution in [0.1, 0.15) is 25.5 Å². The van der Waals surface area contributed by atoms with Crippen molar-refractivity contribution in [3.63, 3.8) is 0 Å². The van der Waals surface area contributed by atoms with E-state index in [0.717, 1.165) is 26.9 Å². The Kier molecular flexibility index (Phi) is 3.19. The number of nitrogens with zero attached hydrogens (tertiary/aromatic N) is 7. The van der Waals surface area contributed by atoms with Crippen molar-refractivity contribution in [2.24, 2.45) is 7.05 Å². The third-order valence-electron chi connectivity index (χ3n) is 3.64. The van der Waals surface area contributed by atoms with Gasteiger partial charge in [0.05, 0.1) is 5.69 Å². The molecule has 0 aliphatic carbocycles. The molecule has 0 fully saturated rings. The second kappa shape index (κ2) is 5.24. The lowest BCUT2D eigenvalue weighted by molar-refractivity contribution is 0.713. The molecule has 23 heavy (non-hydrogen) atoms. The SMILES string of the molecule is CC(C)c1cc(-c2nnc3sc(-c4ccncc4)nn23)n(C)n1. The van der Waals surface area contributed by atoms with Gasteiger partial charge in [0.25, 0.3) is 0 Å². The largest absolute Gasteiger partial charge is 0.265 e. The van der Waals surface area contributed by atoms with Gasteiger partial charge < -0.3 is 0 Å². The lowest BCUT2D eigenvalue weighted by Crippen LogP contribution is -1.99. The summed E-state index contributed by atoms with van der Waals surface area (Å²) in [6, 6.07) is 5.92. The van der Waals surface area contributed by atoms with Crippen molar-refractivity contribution in [3.8, 4) is 22.1 Å². The van der Waals surface area contributed by atoms with Gasteiger partial charge in [-0.1, -0.05) is 25.2 Å². The monoisotopic (exact) mass is 325 g/mol. The molecule has 0 amide bonds. The number of fused-ring (bicyclic) bond motifs is 1. The normalized spacial score (nSPS) is 11.7. The van der Waals surface area contributed by atoms with Gasteiger partial charge in [-0.25, -0.2) is 0 Å². The van der Waals surface area contributed by atoms with Gasteiger partial charge in [-0.2, -0.15) is 14.7 Å². The fourth-order valence-corrected chi connectivity index (χ4v) is 3.21. The zero-order chi connectivity index (χ0) is 16.0. The molecule has 0 bridgehead atoms. The van der Waals surface area contributed by atoms with Crippen LogP contribution >= 0.6 is 11.3 Å². The highest BCUT2D eigenvalue weighted by Gasteiger charge is 2.18. The molecule has 0 aliphatic heterocycles. The van der Waals surface area contributed by atoms with Gasteiger partial charge in [-0.05, 0) is 24.1 Å². The van der Waals surface area contributed by atoms with E-state index in [1.807, 2.05) is 29.9 Å². The van der Waals surface area contributed by atoms with Crippen LogP contribution < -0.4 is 0 Å². The molecular weight excluding hydrogens is 310 g/mol. The second-order valence-electron chi connectivity index (χ2n) is 5.59. The van der Waals surface area contributed by atoms with Crippen molar-refractivity contribution in [1.82, 2.24) is 34.6 Å². The molecule has 4 rings (SSSR count). The summed E-state index contributed by atoms with van der Waals surface area (Å²) in [5.74, 6) is 1.07. The molecule has 0 unspecified atom stereocenters. The highest BCUT2D eigenvalue weighted by atomic mass is 32.1. The van der Waals surface area contributed by atoms with Gasteiger partial charge in [-0.15, -0.1) is 10.2 Å². The van der Waals surface area contributed by atoms with E-state index in [1.165, 1.54) is 11.3 Å². The molecule has 0 aromatic carbocycles. The standard InChI is InChI=1S/C15H15N7S/c1-9(2)11-8-12(21(3)19-11)13-17-18-15-22(13)20-14(23-15)10-4-6-16-7-5-10/h4-9H,1-3H3. The van der Waals surface area contributed by atoms with Crippen LogP contribution in [0.5, 0.6) is 0 Å². The predicted octanol–water partition coefficient (Wildman–Crippen LogP) is 2.77. The van der Waals surface area contributed by atoms with Crippen LogP contribution in [-0.4, -0.2) is 34.6 Å². The van der Waals surface area contributed by atoms with E-state index in [-0.39, 0.29) is 0 Å². The zero-order valence-electron chi connectivity index (χ0n) is 13.0. The number of hydrogen-bond donors (Lipinski definition) is 0. The first kappa shape index (κ1) is 14.0. The van der Waals surface area contributed by atoms with Crippen LogP contribution in [0.25, 0.3) is 27.1 Å². The minimum atomic E-state index is 0.362. The molecule has 0 saturated heterocycles.